The monoisotopic (exact) mass is 145 g/mol. The average Bonchev–Trinajstić information content (AvgIpc) is 1.84. The van der Waals surface area contributed by atoms with E-state index in [9.17, 15) is 4.79 Å². The zero-order chi connectivity index (χ0) is 8.20. The van der Waals surface area contributed by atoms with Crippen LogP contribution in [0.2, 0.25) is 0 Å². The molecule has 0 aromatic heterocycles. The maximum atomic E-state index is 10.5. The van der Waals surface area contributed by atoms with Crippen LogP contribution >= 0.6 is 0 Å². The summed E-state index contributed by atoms with van der Waals surface area (Å²) in [5, 5.41) is 0. The molecule has 0 saturated heterocycles. The van der Waals surface area contributed by atoms with Crippen LogP contribution < -0.4 is 17.2 Å². The fourth-order valence-electron chi connectivity index (χ4n) is 0.592. The fourth-order valence-corrected chi connectivity index (χ4v) is 0.592. The summed E-state index contributed by atoms with van der Waals surface area (Å²) in [4.78, 5) is 10.5. The molecule has 0 aromatic rings. The van der Waals surface area contributed by atoms with Gasteiger partial charge >= 0.3 is 0 Å². The first-order valence-corrected chi connectivity index (χ1v) is 3.38. The molecular formula is C6H15N3O. The van der Waals surface area contributed by atoms with Crippen molar-refractivity contribution in [2.75, 3.05) is 0 Å². The molecule has 6 N–H and O–H groups in total. The minimum absolute atomic E-state index is 0.457. The molecule has 0 aromatic carbocycles. The summed E-state index contributed by atoms with van der Waals surface area (Å²) >= 11 is 0. The van der Waals surface area contributed by atoms with E-state index in [4.69, 9.17) is 17.2 Å². The van der Waals surface area contributed by atoms with Crippen LogP contribution in [0.1, 0.15) is 26.2 Å². The van der Waals surface area contributed by atoms with E-state index in [1.807, 2.05) is 6.92 Å². The van der Waals surface area contributed by atoms with E-state index in [2.05, 4.69) is 0 Å². The van der Waals surface area contributed by atoms with Crippen molar-refractivity contribution in [3.63, 3.8) is 0 Å². The van der Waals surface area contributed by atoms with Crippen molar-refractivity contribution in [1.29, 1.82) is 0 Å². The van der Waals surface area contributed by atoms with Crippen molar-refractivity contribution in [3.05, 3.63) is 0 Å². The second-order valence-electron chi connectivity index (χ2n) is 2.51. The zero-order valence-electron chi connectivity index (χ0n) is 6.26. The third-order valence-electron chi connectivity index (χ3n) is 1.40. The van der Waals surface area contributed by atoms with Crippen LogP contribution in [0.5, 0.6) is 0 Å². The number of rotatable bonds is 4. The van der Waals surface area contributed by atoms with Crippen molar-refractivity contribution in [2.45, 2.75) is 31.8 Å². The Hall–Kier alpha value is -0.610. The van der Waals surface area contributed by atoms with Gasteiger partial charge in [-0.15, -0.1) is 0 Å². The quantitative estimate of drug-likeness (QED) is 0.455. The molecule has 0 aliphatic rings. The molecule has 0 aliphatic heterocycles. The van der Waals surface area contributed by atoms with Gasteiger partial charge in [0, 0.05) is 0 Å². The molecule has 4 nitrogen and oxygen atoms in total. The Labute approximate surface area is 60.7 Å². The molecule has 0 spiro atoms. The maximum absolute atomic E-state index is 10.5. The highest BCUT2D eigenvalue weighted by molar-refractivity contribution is 5.83. The Bertz CT molecular complexity index is 122. The van der Waals surface area contributed by atoms with Crippen molar-refractivity contribution >= 4 is 5.91 Å². The van der Waals surface area contributed by atoms with Gasteiger partial charge in [-0.25, -0.2) is 0 Å². The molecule has 0 bridgehead atoms. The number of carbonyl (C=O) groups excluding carboxylic acids is 1. The lowest BCUT2D eigenvalue weighted by atomic mass is 10.0. The van der Waals surface area contributed by atoms with E-state index in [1.165, 1.54) is 0 Å². The first-order valence-electron chi connectivity index (χ1n) is 3.38. The van der Waals surface area contributed by atoms with Crippen LogP contribution in [-0.2, 0) is 4.79 Å². The molecule has 4 heteroatoms. The minimum Gasteiger partial charge on any atom is -0.367 e. The van der Waals surface area contributed by atoms with Gasteiger partial charge in [-0.1, -0.05) is 19.8 Å². The Kier molecular flexibility index (Phi) is 3.32. The number of primary amides is 1. The summed E-state index contributed by atoms with van der Waals surface area (Å²) in [6, 6.07) is 0. The van der Waals surface area contributed by atoms with Gasteiger partial charge in [0.05, 0.1) is 0 Å². The Morgan fingerprint density at radius 2 is 2.00 bits per heavy atom. The van der Waals surface area contributed by atoms with Crippen molar-refractivity contribution in [2.24, 2.45) is 17.2 Å². The molecule has 0 heterocycles. The first kappa shape index (κ1) is 9.39. The highest BCUT2D eigenvalue weighted by Gasteiger charge is 2.24. The molecule has 10 heavy (non-hydrogen) atoms. The Morgan fingerprint density at radius 3 is 2.30 bits per heavy atom. The van der Waals surface area contributed by atoms with Crippen LogP contribution in [-0.4, -0.2) is 11.6 Å². The van der Waals surface area contributed by atoms with Crippen LogP contribution in [0.3, 0.4) is 0 Å². The lowest BCUT2D eigenvalue weighted by molar-refractivity contribution is -0.123. The van der Waals surface area contributed by atoms with Gasteiger partial charge in [0.15, 0.2) is 0 Å². The third kappa shape index (κ3) is 2.80. The van der Waals surface area contributed by atoms with Crippen molar-refractivity contribution < 1.29 is 4.79 Å². The molecule has 0 atom stereocenters. The highest BCUT2D eigenvalue weighted by Crippen LogP contribution is 2.03. The van der Waals surface area contributed by atoms with E-state index in [1.54, 1.807) is 0 Å². The second-order valence-corrected chi connectivity index (χ2v) is 2.51. The Morgan fingerprint density at radius 1 is 1.50 bits per heavy atom. The molecule has 0 unspecified atom stereocenters. The standard InChI is InChI=1S/C6H15N3O/c1-2-3-4-6(8,9)5(7)10/h2-4,8-9H2,1H3,(H2,7,10). The predicted octanol–water partition coefficient (Wildman–Crippen LogP) is -0.724. The van der Waals surface area contributed by atoms with Crippen LogP contribution in [0.25, 0.3) is 0 Å². The normalized spacial score (nSPS) is 11.5. The molecule has 0 rings (SSSR count). The smallest absolute Gasteiger partial charge is 0.252 e. The molecule has 0 fully saturated rings. The molecule has 1 amide bonds. The molecule has 0 saturated carbocycles. The van der Waals surface area contributed by atoms with Crippen molar-refractivity contribution in [3.8, 4) is 0 Å². The van der Waals surface area contributed by atoms with E-state index in [0.29, 0.717) is 6.42 Å². The SMILES string of the molecule is CCCCC(N)(N)C(N)=O. The summed E-state index contributed by atoms with van der Waals surface area (Å²) in [5.74, 6) is -0.638. The second kappa shape index (κ2) is 3.53. The van der Waals surface area contributed by atoms with Gasteiger partial charge in [-0.3, -0.25) is 4.79 Å². The molecule has 60 valence electrons. The lowest BCUT2D eigenvalue weighted by Crippen LogP contribution is -2.59. The third-order valence-corrected chi connectivity index (χ3v) is 1.40. The van der Waals surface area contributed by atoms with Gasteiger partial charge in [-0.2, -0.15) is 0 Å². The van der Waals surface area contributed by atoms with E-state index >= 15 is 0 Å². The van der Waals surface area contributed by atoms with Crippen LogP contribution in [0.15, 0.2) is 0 Å². The average molecular weight is 145 g/mol. The summed E-state index contributed by atoms with van der Waals surface area (Å²) in [7, 11) is 0. The largest absolute Gasteiger partial charge is 0.367 e. The number of carbonyl (C=O) groups is 1. The first-order chi connectivity index (χ1) is 4.50. The number of hydrogen-bond donors (Lipinski definition) is 3. The summed E-state index contributed by atoms with van der Waals surface area (Å²) in [6.45, 7) is 2.00. The number of unbranched alkanes of at least 4 members (excludes halogenated alkanes) is 1. The predicted molar refractivity (Wildman–Crippen MR) is 39.8 cm³/mol. The summed E-state index contributed by atoms with van der Waals surface area (Å²) in [5.41, 5.74) is 14.3. The van der Waals surface area contributed by atoms with Gasteiger partial charge in [-0.05, 0) is 6.42 Å². The maximum Gasteiger partial charge on any atom is 0.252 e. The molecular weight excluding hydrogens is 130 g/mol. The van der Waals surface area contributed by atoms with Gasteiger partial charge < -0.3 is 17.2 Å². The Balaban J connectivity index is 3.75. The van der Waals surface area contributed by atoms with Crippen LogP contribution in [0.4, 0.5) is 0 Å². The number of hydrogen-bond acceptors (Lipinski definition) is 3. The van der Waals surface area contributed by atoms with E-state index in [0.717, 1.165) is 12.8 Å². The van der Waals surface area contributed by atoms with Crippen LogP contribution in [0, 0.1) is 0 Å². The molecule has 0 radical (unpaired) electrons. The fraction of sp³-hybridized carbons (Fsp3) is 0.833. The molecule has 0 aliphatic carbocycles. The minimum atomic E-state index is -1.31. The van der Waals surface area contributed by atoms with Crippen molar-refractivity contribution in [1.82, 2.24) is 0 Å². The zero-order valence-corrected chi connectivity index (χ0v) is 6.26. The highest BCUT2D eigenvalue weighted by atomic mass is 16.1. The number of amides is 1. The summed E-state index contributed by atoms with van der Waals surface area (Å²) < 4.78 is 0. The van der Waals surface area contributed by atoms with Gasteiger partial charge in [0.25, 0.3) is 5.91 Å². The van der Waals surface area contributed by atoms with Gasteiger partial charge in [0.2, 0.25) is 0 Å². The number of nitrogens with two attached hydrogens (primary N) is 3. The summed E-state index contributed by atoms with van der Waals surface area (Å²) in [6.07, 6.45) is 2.25. The topological polar surface area (TPSA) is 95.1 Å². The van der Waals surface area contributed by atoms with E-state index in [-0.39, 0.29) is 0 Å². The lowest BCUT2D eigenvalue weighted by Gasteiger charge is -2.19. The van der Waals surface area contributed by atoms with Gasteiger partial charge in [0.1, 0.15) is 5.66 Å². The van der Waals surface area contributed by atoms with E-state index < -0.39 is 11.6 Å².